The maximum atomic E-state index is 8.68. The number of hydrogen-bond acceptors (Lipinski definition) is 2. The van der Waals surface area contributed by atoms with E-state index in [9.17, 15) is 0 Å². The van der Waals surface area contributed by atoms with Crippen LogP contribution in [0.25, 0.3) is 0 Å². The Hall–Kier alpha value is -0.530. The van der Waals surface area contributed by atoms with Crippen molar-refractivity contribution >= 4 is 37.5 Å². The summed E-state index contributed by atoms with van der Waals surface area (Å²) in [7, 11) is 2.01. The summed E-state index contributed by atoms with van der Waals surface area (Å²) in [5, 5.41) is 9.52. The third-order valence-corrected chi connectivity index (χ3v) is 3.98. The Morgan fingerprint density at radius 3 is 2.69 bits per heavy atom. The van der Waals surface area contributed by atoms with E-state index < -0.39 is 0 Å². The smallest absolute Gasteiger partial charge is 0.0643 e. The van der Waals surface area contributed by atoms with E-state index in [1.807, 2.05) is 7.05 Å². The summed E-state index contributed by atoms with van der Waals surface area (Å²) in [4.78, 5) is 2.12. The van der Waals surface area contributed by atoms with E-state index in [0.29, 0.717) is 6.42 Å². The second kappa shape index (κ2) is 6.27. The Morgan fingerprint density at radius 1 is 1.50 bits per heavy atom. The van der Waals surface area contributed by atoms with E-state index in [1.54, 1.807) is 0 Å². The molecule has 1 rings (SSSR count). The lowest BCUT2D eigenvalue weighted by molar-refractivity contribution is 0.702. The van der Waals surface area contributed by atoms with Gasteiger partial charge in [0.25, 0.3) is 0 Å². The van der Waals surface area contributed by atoms with Gasteiger partial charge in [0.1, 0.15) is 0 Å². The minimum absolute atomic E-state index is 0.228. The molecule has 0 aromatic heterocycles. The third-order valence-electron chi connectivity index (χ3n) is 2.64. The average Bonchev–Trinajstić information content (AvgIpc) is 2.28. The maximum Gasteiger partial charge on any atom is 0.0643 e. The Balaban J connectivity index is 2.89. The molecule has 0 saturated heterocycles. The van der Waals surface area contributed by atoms with Crippen molar-refractivity contribution in [2.45, 2.75) is 24.7 Å². The fraction of sp³-hybridized carbons (Fsp3) is 0.417. The van der Waals surface area contributed by atoms with Crippen LogP contribution in [0.5, 0.6) is 0 Å². The van der Waals surface area contributed by atoms with E-state index in [1.165, 1.54) is 5.56 Å². The molecule has 0 fully saturated rings. The van der Waals surface area contributed by atoms with Crippen molar-refractivity contribution in [2.24, 2.45) is 0 Å². The van der Waals surface area contributed by atoms with Crippen LogP contribution in [0.1, 0.15) is 18.9 Å². The zero-order valence-corrected chi connectivity index (χ0v) is 12.5. The van der Waals surface area contributed by atoms with Crippen molar-refractivity contribution < 1.29 is 0 Å². The number of halogens is 2. The van der Waals surface area contributed by atoms with Crippen LogP contribution < -0.4 is 4.90 Å². The number of anilines is 1. The molecule has 1 unspecified atom stereocenters. The molecule has 0 aliphatic carbocycles. The molecule has 1 aromatic rings. The average molecular weight is 346 g/mol. The Labute approximate surface area is 114 Å². The van der Waals surface area contributed by atoms with Crippen LogP contribution in [0, 0.1) is 11.3 Å². The Morgan fingerprint density at radius 2 is 2.19 bits per heavy atom. The van der Waals surface area contributed by atoms with Gasteiger partial charge in [-0.3, -0.25) is 0 Å². The fourth-order valence-electron chi connectivity index (χ4n) is 1.39. The van der Waals surface area contributed by atoms with Gasteiger partial charge in [0, 0.05) is 28.6 Å². The van der Waals surface area contributed by atoms with Gasteiger partial charge in [-0.15, -0.1) is 0 Å². The summed E-state index contributed by atoms with van der Waals surface area (Å²) in [6, 6.07) is 8.68. The van der Waals surface area contributed by atoms with Crippen LogP contribution in [0.15, 0.2) is 22.7 Å². The van der Waals surface area contributed by atoms with Gasteiger partial charge >= 0.3 is 0 Å². The Bertz CT molecular complexity index is 398. The molecule has 2 nitrogen and oxygen atoms in total. The van der Waals surface area contributed by atoms with Gasteiger partial charge in [-0.25, -0.2) is 0 Å². The highest BCUT2D eigenvalue weighted by Gasteiger charge is 2.10. The van der Waals surface area contributed by atoms with Crippen LogP contribution in [-0.2, 0) is 5.33 Å². The van der Waals surface area contributed by atoms with Gasteiger partial charge in [-0.2, -0.15) is 5.26 Å². The molecule has 0 saturated carbocycles. The van der Waals surface area contributed by atoms with Crippen LogP contribution in [-0.4, -0.2) is 13.1 Å². The minimum Gasteiger partial charge on any atom is -0.371 e. The molecule has 4 heteroatoms. The molecule has 0 spiro atoms. The highest BCUT2D eigenvalue weighted by atomic mass is 79.9. The molecule has 0 amide bonds. The Kier molecular flexibility index (Phi) is 5.30. The SMILES string of the molecule is CC(CC#N)N(C)c1ccc(CBr)c(Br)c1. The predicted octanol–water partition coefficient (Wildman–Crippen LogP) is 4.08. The summed E-state index contributed by atoms with van der Waals surface area (Å²) in [5.74, 6) is 0. The van der Waals surface area contributed by atoms with Crippen molar-refractivity contribution in [3.05, 3.63) is 28.2 Å². The van der Waals surface area contributed by atoms with Gasteiger partial charge in [0.2, 0.25) is 0 Å². The molecule has 0 bridgehead atoms. The summed E-state index contributed by atoms with van der Waals surface area (Å²) >= 11 is 6.98. The molecule has 1 atom stereocenters. The zero-order valence-electron chi connectivity index (χ0n) is 9.37. The van der Waals surface area contributed by atoms with Gasteiger partial charge in [-0.1, -0.05) is 37.9 Å². The van der Waals surface area contributed by atoms with Crippen molar-refractivity contribution in [1.29, 1.82) is 5.26 Å². The molecule has 0 aliphatic heterocycles. The molecule has 86 valence electrons. The monoisotopic (exact) mass is 344 g/mol. The van der Waals surface area contributed by atoms with Crippen molar-refractivity contribution in [3.8, 4) is 6.07 Å². The van der Waals surface area contributed by atoms with E-state index in [-0.39, 0.29) is 6.04 Å². The quantitative estimate of drug-likeness (QED) is 0.769. The molecule has 0 radical (unpaired) electrons. The molecule has 0 aliphatic rings. The first-order valence-corrected chi connectivity index (χ1v) is 6.95. The summed E-state index contributed by atoms with van der Waals surface area (Å²) in [6.07, 6.45) is 0.536. The fourth-order valence-corrected chi connectivity index (χ4v) is 2.76. The largest absolute Gasteiger partial charge is 0.371 e. The zero-order chi connectivity index (χ0) is 12.1. The summed E-state index contributed by atoms with van der Waals surface area (Å²) in [6.45, 7) is 2.05. The predicted molar refractivity (Wildman–Crippen MR) is 74.9 cm³/mol. The van der Waals surface area contributed by atoms with Crippen LogP contribution in [0.3, 0.4) is 0 Å². The highest BCUT2D eigenvalue weighted by Crippen LogP contribution is 2.26. The minimum atomic E-state index is 0.228. The van der Waals surface area contributed by atoms with Gasteiger partial charge in [0.05, 0.1) is 12.5 Å². The van der Waals surface area contributed by atoms with Crippen LogP contribution >= 0.6 is 31.9 Å². The lowest BCUT2D eigenvalue weighted by Gasteiger charge is -2.25. The van der Waals surface area contributed by atoms with Crippen molar-refractivity contribution in [2.75, 3.05) is 11.9 Å². The van der Waals surface area contributed by atoms with Gasteiger partial charge in [-0.05, 0) is 24.6 Å². The third kappa shape index (κ3) is 3.23. The number of hydrogen-bond donors (Lipinski definition) is 0. The van der Waals surface area contributed by atoms with Crippen molar-refractivity contribution in [1.82, 2.24) is 0 Å². The van der Waals surface area contributed by atoms with Gasteiger partial charge in [0.15, 0.2) is 0 Å². The van der Waals surface area contributed by atoms with Crippen molar-refractivity contribution in [3.63, 3.8) is 0 Å². The first-order chi connectivity index (χ1) is 7.60. The van der Waals surface area contributed by atoms with E-state index >= 15 is 0 Å². The second-order valence-corrected chi connectivity index (χ2v) is 5.15. The van der Waals surface area contributed by atoms with Gasteiger partial charge < -0.3 is 4.90 Å². The van der Waals surface area contributed by atoms with Crippen LogP contribution in [0.2, 0.25) is 0 Å². The standard InChI is InChI=1S/C12H14Br2N2/c1-9(5-6-15)16(2)11-4-3-10(8-13)12(14)7-11/h3-4,7,9H,5,8H2,1-2H3. The lowest BCUT2D eigenvalue weighted by atomic mass is 10.1. The molecular formula is C12H14Br2N2. The van der Waals surface area contributed by atoms with E-state index in [2.05, 4.69) is 68.0 Å². The van der Waals surface area contributed by atoms with E-state index in [4.69, 9.17) is 5.26 Å². The van der Waals surface area contributed by atoms with Crippen LogP contribution in [0.4, 0.5) is 5.69 Å². The lowest BCUT2D eigenvalue weighted by Crippen LogP contribution is -2.28. The summed E-state index contributed by atoms with van der Waals surface area (Å²) < 4.78 is 1.10. The first kappa shape index (κ1) is 13.5. The highest BCUT2D eigenvalue weighted by molar-refractivity contribution is 9.10. The number of benzene rings is 1. The molecule has 0 N–H and O–H groups in total. The normalized spacial score (nSPS) is 11.9. The molecule has 1 aromatic carbocycles. The maximum absolute atomic E-state index is 8.68. The molecular weight excluding hydrogens is 332 g/mol. The second-order valence-electron chi connectivity index (χ2n) is 3.73. The number of alkyl halides is 1. The topological polar surface area (TPSA) is 27.0 Å². The first-order valence-electron chi connectivity index (χ1n) is 5.04. The van der Waals surface area contributed by atoms with E-state index in [0.717, 1.165) is 15.5 Å². The molecule has 0 heterocycles. The molecule has 16 heavy (non-hydrogen) atoms. The number of nitriles is 1. The summed E-state index contributed by atoms with van der Waals surface area (Å²) in [5.41, 5.74) is 2.35. The number of nitrogens with zero attached hydrogens (tertiary/aromatic N) is 2. The number of rotatable bonds is 4.